The highest BCUT2D eigenvalue weighted by molar-refractivity contribution is 7.97. The fraction of sp³-hybridized carbons (Fsp3) is 0.474. The van der Waals surface area contributed by atoms with Crippen LogP contribution in [0.15, 0.2) is 40.6 Å². The Hall–Kier alpha value is -0.970. The van der Waals surface area contributed by atoms with E-state index in [0.29, 0.717) is 10.9 Å². The number of benzene rings is 1. The van der Waals surface area contributed by atoms with E-state index < -0.39 is 31.0 Å². The molecule has 6 nitrogen and oxygen atoms in total. The van der Waals surface area contributed by atoms with Crippen molar-refractivity contribution in [1.29, 1.82) is 0 Å². The average molecular weight is 477 g/mol. The molecule has 0 radical (unpaired) electrons. The normalized spacial score (nSPS) is 22.8. The molecule has 3 atom stereocenters. The topological polar surface area (TPSA) is 83.5 Å². The predicted molar refractivity (Wildman–Crippen MR) is 118 cm³/mol. The monoisotopic (exact) mass is 476 g/mol. The lowest BCUT2D eigenvalue weighted by molar-refractivity contribution is 0.282. The molecule has 1 N–H and O–H groups in total. The minimum atomic E-state index is -3.80. The van der Waals surface area contributed by atoms with E-state index in [2.05, 4.69) is 5.32 Å². The number of rotatable bonds is 7. The molecule has 1 fully saturated rings. The third-order valence-corrected chi connectivity index (χ3v) is 11.1. The van der Waals surface area contributed by atoms with E-state index in [1.54, 1.807) is 0 Å². The third kappa shape index (κ3) is 5.21. The van der Waals surface area contributed by atoms with Crippen LogP contribution in [0.2, 0.25) is 4.34 Å². The van der Waals surface area contributed by atoms with Crippen LogP contribution in [0.3, 0.4) is 0 Å². The Morgan fingerprint density at radius 3 is 2.38 bits per heavy atom. The zero-order valence-corrected chi connectivity index (χ0v) is 19.7. The van der Waals surface area contributed by atoms with Crippen molar-refractivity contribution in [2.75, 3.05) is 32.1 Å². The van der Waals surface area contributed by atoms with Crippen molar-refractivity contribution >= 4 is 42.6 Å². The number of nitrogens with one attached hydrogen (secondary N) is 1. The van der Waals surface area contributed by atoms with Gasteiger partial charge in [-0.2, -0.15) is 0 Å². The fourth-order valence-corrected chi connectivity index (χ4v) is 9.99. The van der Waals surface area contributed by atoms with Crippen LogP contribution < -0.4 is 5.32 Å². The molecule has 3 rings (SSSR count). The molecule has 1 unspecified atom stereocenters. The zero-order chi connectivity index (χ0) is 21.4. The van der Waals surface area contributed by atoms with Crippen molar-refractivity contribution in [2.24, 2.45) is 0 Å². The van der Waals surface area contributed by atoms with Crippen LogP contribution in [0.1, 0.15) is 17.2 Å². The Bertz CT molecular complexity index is 1060. The molecule has 0 aliphatic carbocycles. The minimum Gasteiger partial charge on any atom is -0.310 e. The van der Waals surface area contributed by atoms with Crippen LogP contribution in [0.5, 0.6) is 0 Å². The number of thiophene rings is 1. The Morgan fingerprint density at radius 1 is 1.17 bits per heavy atom. The van der Waals surface area contributed by atoms with Gasteiger partial charge in [-0.3, -0.25) is 0 Å². The van der Waals surface area contributed by atoms with Crippen LogP contribution in [-0.2, 0) is 19.7 Å². The fourth-order valence-electron chi connectivity index (χ4n) is 3.56. The average Bonchev–Trinajstić information content (AvgIpc) is 3.20. The molecule has 1 saturated heterocycles. The maximum absolute atomic E-state index is 13.1. The highest BCUT2D eigenvalue weighted by Gasteiger charge is 2.46. The largest absolute Gasteiger partial charge is 0.310 e. The van der Waals surface area contributed by atoms with Gasteiger partial charge in [-0.15, -0.1) is 11.3 Å². The quantitative estimate of drug-likeness (QED) is 0.661. The van der Waals surface area contributed by atoms with Crippen LogP contribution in [0.4, 0.5) is 0 Å². The SMILES string of the molecule is Cc1ccc(C(CN[C@H]2CS(=O)(=O)C[C@@H]2S(=O)(=O)c2ccc(Cl)s2)N(C)C)cc1. The molecule has 1 aliphatic heterocycles. The van der Waals surface area contributed by atoms with Gasteiger partial charge >= 0.3 is 0 Å². The lowest BCUT2D eigenvalue weighted by atomic mass is 10.0. The molecule has 1 aromatic carbocycles. The highest BCUT2D eigenvalue weighted by Crippen LogP contribution is 2.32. The molecule has 0 bridgehead atoms. The number of halogens is 1. The standard InChI is InChI=1S/C19H25ClN2O4S3/c1-13-4-6-14(7-5-13)16(22(2)3)10-21-15-11-28(23,24)12-17(15)29(25,26)19-9-8-18(20)27-19/h4-9,15-17,21H,10-12H2,1-3H3/t15-,16?,17-/m0/s1. The minimum absolute atomic E-state index is 0.0153. The summed E-state index contributed by atoms with van der Waals surface area (Å²) < 4.78 is 51.2. The number of nitrogens with zero attached hydrogens (tertiary/aromatic N) is 1. The van der Waals surface area contributed by atoms with Gasteiger partial charge in [0.05, 0.1) is 21.1 Å². The maximum atomic E-state index is 13.1. The van der Waals surface area contributed by atoms with Gasteiger partial charge in [0.2, 0.25) is 0 Å². The summed E-state index contributed by atoms with van der Waals surface area (Å²) in [5.41, 5.74) is 2.24. The highest BCUT2D eigenvalue weighted by atomic mass is 35.5. The van der Waals surface area contributed by atoms with Crippen LogP contribution >= 0.6 is 22.9 Å². The van der Waals surface area contributed by atoms with E-state index in [4.69, 9.17) is 11.6 Å². The van der Waals surface area contributed by atoms with Gasteiger partial charge in [0, 0.05) is 18.6 Å². The zero-order valence-electron chi connectivity index (χ0n) is 16.5. The van der Waals surface area contributed by atoms with Gasteiger partial charge in [0.25, 0.3) is 0 Å². The lowest BCUT2D eigenvalue weighted by Crippen LogP contribution is -2.46. The van der Waals surface area contributed by atoms with E-state index in [0.717, 1.165) is 22.5 Å². The Morgan fingerprint density at radius 2 is 1.83 bits per heavy atom. The Labute approximate surface area is 181 Å². The summed E-state index contributed by atoms with van der Waals surface area (Å²) in [6.07, 6.45) is 0. The summed E-state index contributed by atoms with van der Waals surface area (Å²) >= 11 is 6.85. The van der Waals surface area contributed by atoms with Gasteiger partial charge in [-0.1, -0.05) is 41.4 Å². The van der Waals surface area contributed by atoms with Crippen LogP contribution in [0.25, 0.3) is 0 Å². The van der Waals surface area contributed by atoms with Gasteiger partial charge in [-0.25, -0.2) is 16.8 Å². The lowest BCUT2D eigenvalue weighted by Gasteiger charge is -2.28. The number of sulfone groups is 2. The summed E-state index contributed by atoms with van der Waals surface area (Å²) in [5, 5.41) is 2.21. The van der Waals surface area contributed by atoms with E-state index in [1.165, 1.54) is 12.1 Å². The van der Waals surface area contributed by atoms with Crippen molar-refractivity contribution in [1.82, 2.24) is 10.2 Å². The first-order valence-electron chi connectivity index (χ1n) is 9.15. The first kappa shape index (κ1) is 22.7. The summed E-state index contributed by atoms with van der Waals surface area (Å²) in [5.74, 6) is -0.566. The van der Waals surface area contributed by atoms with E-state index in [-0.39, 0.29) is 21.8 Å². The molecule has 29 heavy (non-hydrogen) atoms. The number of hydrogen-bond acceptors (Lipinski definition) is 7. The number of likely N-dealkylation sites (N-methyl/N-ethyl adjacent to an activating group) is 1. The van der Waals surface area contributed by atoms with Crippen molar-refractivity contribution in [3.63, 3.8) is 0 Å². The van der Waals surface area contributed by atoms with E-state index in [9.17, 15) is 16.8 Å². The summed E-state index contributed by atoms with van der Waals surface area (Å²) in [6, 6.07) is 10.4. The molecule has 2 heterocycles. The molecule has 2 aromatic rings. The molecule has 0 amide bonds. The second kappa shape index (κ2) is 8.64. The molecular formula is C19H25ClN2O4S3. The van der Waals surface area contributed by atoms with Gasteiger partial charge < -0.3 is 10.2 Å². The first-order chi connectivity index (χ1) is 13.5. The van der Waals surface area contributed by atoms with Crippen LogP contribution in [0, 0.1) is 6.92 Å². The second-order valence-electron chi connectivity index (χ2n) is 7.62. The first-order valence-corrected chi connectivity index (χ1v) is 13.7. The van der Waals surface area contributed by atoms with E-state index >= 15 is 0 Å². The molecular weight excluding hydrogens is 452 g/mol. The number of hydrogen-bond donors (Lipinski definition) is 1. The number of aryl methyl sites for hydroxylation is 1. The Balaban J connectivity index is 1.82. The maximum Gasteiger partial charge on any atom is 0.193 e. The molecule has 1 aliphatic rings. The Kier molecular flexibility index (Phi) is 6.77. The van der Waals surface area contributed by atoms with E-state index in [1.807, 2.05) is 50.2 Å². The predicted octanol–water partition coefficient (Wildman–Crippen LogP) is 2.54. The summed E-state index contributed by atoms with van der Waals surface area (Å²) in [4.78, 5) is 2.03. The molecule has 160 valence electrons. The smallest absolute Gasteiger partial charge is 0.193 e. The van der Waals surface area contributed by atoms with Crippen molar-refractivity contribution < 1.29 is 16.8 Å². The van der Waals surface area contributed by atoms with Crippen molar-refractivity contribution in [3.05, 3.63) is 51.9 Å². The van der Waals surface area contributed by atoms with Gasteiger partial charge in [0.1, 0.15) is 4.21 Å². The summed E-state index contributed by atoms with van der Waals surface area (Å²) in [7, 11) is -3.36. The molecule has 10 heteroatoms. The molecule has 0 saturated carbocycles. The molecule has 1 aromatic heterocycles. The molecule has 0 spiro atoms. The van der Waals surface area contributed by atoms with Gasteiger partial charge in [-0.05, 0) is 38.7 Å². The van der Waals surface area contributed by atoms with Crippen molar-refractivity contribution in [2.45, 2.75) is 28.5 Å². The third-order valence-electron chi connectivity index (χ3n) is 5.19. The summed E-state index contributed by atoms with van der Waals surface area (Å²) in [6.45, 7) is 2.45. The van der Waals surface area contributed by atoms with Gasteiger partial charge in [0.15, 0.2) is 19.7 Å². The second-order valence-corrected chi connectivity index (χ2v) is 13.9. The van der Waals surface area contributed by atoms with Crippen LogP contribution in [-0.4, -0.2) is 65.2 Å². The van der Waals surface area contributed by atoms with Crippen molar-refractivity contribution in [3.8, 4) is 0 Å².